The lowest BCUT2D eigenvalue weighted by atomic mass is 10.2. The van der Waals surface area contributed by atoms with Crippen LogP contribution >= 0.6 is 15.9 Å². The molecule has 0 saturated heterocycles. The zero-order valence-electron chi connectivity index (χ0n) is 13.3. The standard InChI is InChI=1S/C18H13BrFN3O3/c19-14-4-7-16(20)13(9-14)3-8-17(24)22-23-18(25)11-26-15-5-1-12(10-21)2-6-15/h1-9H,11H2,(H,22,24)(H,23,25)/b8-3+. The van der Waals surface area contributed by atoms with E-state index >= 15 is 0 Å². The Labute approximate surface area is 157 Å². The number of halogens is 2. The third kappa shape index (κ3) is 6.03. The number of nitrogens with zero attached hydrogens (tertiary/aromatic N) is 1. The number of amides is 2. The maximum absolute atomic E-state index is 13.5. The van der Waals surface area contributed by atoms with E-state index in [1.54, 1.807) is 30.3 Å². The molecule has 2 amide bonds. The lowest BCUT2D eigenvalue weighted by Crippen LogP contribution is -2.43. The SMILES string of the molecule is N#Cc1ccc(OCC(=O)NNC(=O)/C=C/c2cc(Br)ccc2F)cc1. The first-order valence-electron chi connectivity index (χ1n) is 7.33. The Bertz CT molecular complexity index is 876. The van der Waals surface area contributed by atoms with Gasteiger partial charge in [0.1, 0.15) is 11.6 Å². The normalized spacial score (nSPS) is 10.2. The average molecular weight is 418 g/mol. The Balaban J connectivity index is 1.77. The zero-order valence-corrected chi connectivity index (χ0v) is 14.9. The maximum Gasteiger partial charge on any atom is 0.276 e. The molecule has 2 N–H and O–H groups in total. The minimum Gasteiger partial charge on any atom is -0.484 e. The largest absolute Gasteiger partial charge is 0.484 e. The summed E-state index contributed by atoms with van der Waals surface area (Å²) in [6.07, 6.45) is 2.38. The molecule has 2 aromatic rings. The molecule has 0 saturated carbocycles. The molecule has 0 radical (unpaired) electrons. The summed E-state index contributed by atoms with van der Waals surface area (Å²) in [6.45, 7) is -0.323. The number of rotatable bonds is 5. The van der Waals surface area contributed by atoms with E-state index in [9.17, 15) is 14.0 Å². The van der Waals surface area contributed by atoms with Gasteiger partial charge in [0.15, 0.2) is 6.61 Å². The van der Waals surface area contributed by atoms with Crippen molar-refractivity contribution in [3.63, 3.8) is 0 Å². The Hall–Kier alpha value is -3.18. The third-order valence-electron chi connectivity index (χ3n) is 3.05. The molecular weight excluding hydrogens is 405 g/mol. The second-order valence-corrected chi connectivity index (χ2v) is 5.88. The minimum absolute atomic E-state index is 0.227. The van der Waals surface area contributed by atoms with E-state index in [4.69, 9.17) is 10.00 Å². The van der Waals surface area contributed by atoms with Gasteiger partial charge in [-0.1, -0.05) is 15.9 Å². The van der Waals surface area contributed by atoms with Crippen molar-refractivity contribution >= 4 is 33.8 Å². The number of hydrogen-bond acceptors (Lipinski definition) is 4. The number of hydrazine groups is 1. The fourth-order valence-corrected chi connectivity index (χ4v) is 2.17. The minimum atomic E-state index is -0.629. The number of carbonyl (C=O) groups is 2. The van der Waals surface area contributed by atoms with Crippen molar-refractivity contribution in [2.45, 2.75) is 0 Å². The number of hydrogen-bond donors (Lipinski definition) is 2. The summed E-state index contributed by atoms with van der Waals surface area (Å²) >= 11 is 3.21. The van der Waals surface area contributed by atoms with E-state index in [-0.39, 0.29) is 12.2 Å². The van der Waals surface area contributed by atoms with E-state index in [1.165, 1.54) is 18.2 Å². The molecule has 0 heterocycles. The molecule has 26 heavy (non-hydrogen) atoms. The molecule has 0 bridgehead atoms. The van der Waals surface area contributed by atoms with Crippen molar-refractivity contribution in [2.24, 2.45) is 0 Å². The molecule has 2 rings (SSSR count). The van der Waals surface area contributed by atoms with Crippen molar-refractivity contribution in [1.82, 2.24) is 10.9 Å². The highest BCUT2D eigenvalue weighted by Crippen LogP contribution is 2.16. The van der Waals surface area contributed by atoms with Crippen molar-refractivity contribution in [3.05, 3.63) is 70.0 Å². The monoisotopic (exact) mass is 417 g/mol. The average Bonchev–Trinajstić information content (AvgIpc) is 2.65. The molecule has 0 aromatic heterocycles. The van der Waals surface area contributed by atoms with E-state index < -0.39 is 17.6 Å². The smallest absolute Gasteiger partial charge is 0.276 e. The van der Waals surface area contributed by atoms with Crippen molar-refractivity contribution in [1.29, 1.82) is 5.26 Å². The molecular formula is C18H13BrFN3O3. The number of carbonyl (C=O) groups excluding carboxylic acids is 2. The maximum atomic E-state index is 13.5. The Kier molecular flexibility index (Phi) is 6.88. The van der Waals surface area contributed by atoms with Crippen LogP contribution in [-0.2, 0) is 9.59 Å². The van der Waals surface area contributed by atoms with E-state index in [0.29, 0.717) is 15.8 Å². The van der Waals surface area contributed by atoms with Gasteiger partial charge in [0.25, 0.3) is 11.8 Å². The lowest BCUT2D eigenvalue weighted by Gasteiger charge is -2.07. The summed E-state index contributed by atoms with van der Waals surface area (Å²) in [7, 11) is 0. The van der Waals surface area contributed by atoms with Gasteiger partial charge in [-0.15, -0.1) is 0 Å². The fourth-order valence-electron chi connectivity index (χ4n) is 1.79. The number of ether oxygens (including phenoxy) is 1. The highest BCUT2D eigenvalue weighted by atomic mass is 79.9. The number of benzene rings is 2. The highest BCUT2D eigenvalue weighted by Gasteiger charge is 2.05. The van der Waals surface area contributed by atoms with Gasteiger partial charge in [-0.25, -0.2) is 4.39 Å². The van der Waals surface area contributed by atoms with Gasteiger partial charge >= 0.3 is 0 Å². The van der Waals surface area contributed by atoms with Crippen LogP contribution in [0.4, 0.5) is 4.39 Å². The second-order valence-electron chi connectivity index (χ2n) is 4.96. The van der Waals surface area contributed by atoms with E-state index in [1.807, 2.05) is 6.07 Å². The predicted octanol–water partition coefficient (Wildman–Crippen LogP) is 2.70. The first-order chi connectivity index (χ1) is 12.5. The van der Waals surface area contributed by atoms with Gasteiger partial charge < -0.3 is 4.74 Å². The van der Waals surface area contributed by atoms with Crippen LogP contribution in [-0.4, -0.2) is 18.4 Å². The number of nitrogens with one attached hydrogen (secondary N) is 2. The van der Waals surface area contributed by atoms with Crippen LogP contribution < -0.4 is 15.6 Å². The quantitative estimate of drug-likeness (QED) is 0.577. The van der Waals surface area contributed by atoms with Gasteiger partial charge in [0, 0.05) is 16.1 Å². The first-order valence-corrected chi connectivity index (χ1v) is 8.12. The van der Waals surface area contributed by atoms with Crippen LogP contribution in [0.3, 0.4) is 0 Å². The zero-order chi connectivity index (χ0) is 18.9. The summed E-state index contributed by atoms with van der Waals surface area (Å²) < 4.78 is 19.4. The fraction of sp³-hybridized carbons (Fsp3) is 0.0556. The molecule has 6 nitrogen and oxygen atoms in total. The summed E-state index contributed by atoms with van der Waals surface area (Å²) in [6, 6.07) is 12.5. The Morgan fingerprint density at radius 3 is 2.62 bits per heavy atom. The Morgan fingerprint density at radius 2 is 1.92 bits per heavy atom. The lowest BCUT2D eigenvalue weighted by molar-refractivity contribution is -0.128. The highest BCUT2D eigenvalue weighted by molar-refractivity contribution is 9.10. The molecule has 8 heteroatoms. The Morgan fingerprint density at radius 1 is 1.19 bits per heavy atom. The molecule has 0 atom stereocenters. The topological polar surface area (TPSA) is 91.2 Å². The second kappa shape index (κ2) is 9.34. The van der Waals surface area contributed by atoms with Crippen molar-refractivity contribution in [3.8, 4) is 11.8 Å². The van der Waals surface area contributed by atoms with Gasteiger partial charge in [0.05, 0.1) is 11.6 Å². The van der Waals surface area contributed by atoms with Crippen LogP contribution in [0.5, 0.6) is 5.75 Å². The third-order valence-corrected chi connectivity index (χ3v) is 3.54. The van der Waals surface area contributed by atoms with Gasteiger partial charge in [-0.3, -0.25) is 20.4 Å². The molecule has 2 aromatic carbocycles. The van der Waals surface area contributed by atoms with E-state index in [2.05, 4.69) is 26.8 Å². The van der Waals surface area contributed by atoms with Crippen LogP contribution in [0, 0.1) is 17.1 Å². The van der Waals surface area contributed by atoms with Crippen molar-refractivity contribution < 1.29 is 18.7 Å². The van der Waals surface area contributed by atoms with Crippen LogP contribution in [0.1, 0.15) is 11.1 Å². The summed E-state index contributed by atoms with van der Waals surface area (Å²) in [5, 5.41) is 8.69. The van der Waals surface area contributed by atoms with Crippen molar-refractivity contribution in [2.75, 3.05) is 6.61 Å². The van der Waals surface area contributed by atoms with Gasteiger partial charge in [-0.05, 0) is 48.5 Å². The molecule has 0 fully saturated rings. The predicted molar refractivity (Wildman–Crippen MR) is 96.1 cm³/mol. The summed E-state index contributed by atoms with van der Waals surface area (Å²) in [5.74, 6) is -1.27. The number of nitriles is 1. The first kappa shape index (κ1) is 19.1. The van der Waals surface area contributed by atoms with Crippen LogP contribution in [0.25, 0.3) is 6.08 Å². The molecule has 0 spiro atoms. The summed E-state index contributed by atoms with van der Waals surface area (Å²) in [5.41, 5.74) is 5.03. The van der Waals surface area contributed by atoms with Gasteiger partial charge in [-0.2, -0.15) is 5.26 Å². The molecule has 0 aliphatic heterocycles. The van der Waals surface area contributed by atoms with Crippen LogP contribution in [0.15, 0.2) is 53.0 Å². The van der Waals surface area contributed by atoms with E-state index in [0.717, 1.165) is 6.08 Å². The molecule has 0 unspecified atom stereocenters. The molecule has 0 aliphatic carbocycles. The summed E-state index contributed by atoms with van der Waals surface area (Å²) in [4.78, 5) is 23.3. The molecule has 132 valence electrons. The van der Waals surface area contributed by atoms with Gasteiger partial charge in [0.2, 0.25) is 0 Å². The van der Waals surface area contributed by atoms with Crippen LogP contribution in [0.2, 0.25) is 0 Å². The molecule has 0 aliphatic rings.